The van der Waals surface area contributed by atoms with Crippen LogP contribution < -0.4 is 5.73 Å². The Hall–Kier alpha value is -1.45. The molecule has 1 rings (SSSR count). The Labute approximate surface area is 91.3 Å². The number of hydrogen-bond acceptors (Lipinski definition) is 5. The number of nitrogen functional groups attached to an aromatic ring is 1. The van der Waals surface area contributed by atoms with Gasteiger partial charge in [0.1, 0.15) is 0 Å². The summed E-state index contributed by atoms with van der Waals surface area (Å²) < 4.78 is 0.398. The molecule has 0 bridgehead atoms. The van der Waals surface area contributed by atoms with Gasteiger partial charge in [0.2, 0.25) is 0 Å². The van der Waals surface area contributed by atoms with Crippen molar-refractivity contribution in [3.05, 3.63) is 35.9 Å². The summed E-state index contributed by atoms with van der Waals surface area (Å²) in [4.78, 5) is 19.4. The van der Waals surface area contributed by atoms with Gasteiger partial charge in [-0.2, -0.15) is 0 Å². The molecule has 0 aliphatic rings. The summed E-state index contributed by atoms with van der Waals surface area (Å²) in [6, 6.07) is 2.37. The third-order valence-corrected chi connectivity index (χ3v) is 2.12. The Kier molecular flexibility index (Phi) is 2.84. The summed E-state index contributed by atoms with van der Waals surface area (Å²) >= 11 is 1.75. The smallest absolute Gasteiger partial charge is 0.300 e. The number of nitrogens with two attached hydrogens (primary N) is 1. The zero-order valence-corrected chi connectivity index (χ0v) is 8.79. The molecule has 0 saturated heterocycles. The average Bonchev–Trinajstić information content (AvgIpc) is 2.07. The van der Waals surface area contributed by atoms with Crippen molar-refractivity contribution >= 4 is 39.7 Å². The van der Waals surface area contributed by atoms with Crippen LogP contribution in [0.5, 0.6) is 0 Å². The van der Waals surface area contributed by atoms with Crippen molar-refractivity contribution in [3.8, 4) is 0 Å². The van der Waals surface area contributed by atoms with E-state index in [2.05, 4.69) is 0 Å². The quantitative estimate of drug-likeness (QED) is 0.386. The molecular weight excluding hydrogens is 305 g/mol. The van der Waals surface area contributed by atoms with Crippen LogP contribution in [0.4, 0.5) is 17.1 Å². The Bertz CT molecular complexity index is 385. The van der Waals surface area contributed by atoms with Crippen LogP contribution >= 0.6 is 22.6 Å². The van der Waals surface area contributed by atoms with Crippen LogP contribution in [0.2, 0.25) is 0 Å². The summed E-state index contributed by atoms with van der Waals surface area (Å²) in [5.41, 5.74) is 3.97. The first-order valence-electron chi connectivity index (χ1n) is 3.31. The van der Waals surface area contributed by atoms with Crippen molar-refractivity contribution in [2.45, 2.75) is 0 Å². The van der Waals surface area contributed by atoms with Crippen molar-refractivity contribution in [2.24, 2.45) is 0 Å². The topological polar surface area (TPSA) is 112 Å². The molecule has 0 saturated carbocycles. The Morgan fingerprint density at radius 2 is 1.50 bits per heavy atom. The number of hydrogen-bond donors (Lipinski definition) is 1. The van der Waals surface area contributed by atoms with E-state index < -0.39 is 26.9 Å². The molecule has 8 heteroatoms. The minimum atomic E-state index is -0.746. The van der Waals surface area contributed by atoms with E-state index in [1.807, 2.05) is 0 Å². The molecule has 0 amide bonds. The molecule has 0 unspecified atom stereocenters. The van der Waals surface area contributed by atoms with Gasteiger partial charge in [0.15, 0.2) is 5.69 Å². The summed E-state index contributed by atoms with van der Waals surface area (Å²) in [5, 5.41) is 20.9. The second kappa shape index (κ2) is 3.74. The number of nitro groups is 2. The van der Waals surface area contributed by atoms with Crippen LogP contribution in [0.15, 0.2) is 12.1 Å². The van der Waals surface area contributed by atoms with Crippen molar-refractivity contribution < 1.29 is 9.85 Å². The van der Waals surface area contributed by atoms with Gasteiger partial charge in [-0.1, -0.05) is 0 Å². The van der Waals surface area contributed by atoms with E-state index in [1.54, 1.807) is 22.6 Å². The second-order valence-corrected chi connectivity index (χ2v) is 3.62. The van der Waals surface area contributed by atoms with Gasteiger partial charge in [-0.25, -0.2) is 0 Å². The van der Waals surface area contributed by atoms with Gasteiger partial charge >= 0.3 is 0 Å². The van der Waals surface area contributed by atoms with Crippen molar-refractivity contribution in [1.82, 2.24) is 0 Å². The van der Waals surface area contributed by atoms with Crippen LogP contribution in [0.3, 0.4) is 0 Å². The molecule has 0 aromatic heterocycles. The standard InChI is InChI=1S/C6H4IN3O4/c7-3-1-4(9(11)12)6(8)5(2-3)10(13)14/h1-2H,8H2. The molecule has 1 aromatic carbocycles. The highest BCUT2D eigenvalue weighted by Gasteiger charge is 2.23. The first-order valence-corrected chi connectivity index (χ1v) is 4.39. The largest absolute Gasteiger partial charge is 0.387 e. The van der Waals surface area contributed by atoms with E-state index in [9.17, 15) is 20.2 Å². The number of benzene rings is 1. The number of anilines is 1. The molecule has 14 heavy (non-hydrogen) atoms. The van der Waals surface area contributed by atoms with Crippen LogP contribution in [0.25, 0.3) is 0 Å². The highest BCUT2D eigenvalue weighted by Crippen LogP contribution is 2.32. The molecule has 1 aromatic rings. The molecule has 2 N–H and O–H groups in total. The Morgan fingerprint density at radius 3 is 1.79 bits per heavy atom. The molecule has 74 valence electrons. The zero-order chi connectivity index (χ0) is 10.9. The number of nitro benzene ring substituents is 2. The lowest BCUT2D eigenvalue weighted by atomic mass is 10.2. The molecule has 0 radical (unpaired) electrons. The van der Waals surface area contributed by atoms with Gasteiger partial charge in [-0.3, -0.25) is 20.2 Å². The van der Waals surface area contributed by atoms with Gasteiger partial charge in [-0.15, -0.1) is 0 Å². The maximum Gasteiger partial charge on any atom is 0.300 e. The third-order valence-electron chi connectivity index (χ3n) is 1.49. The number of nitrogens with zero attached hydrogens (tertiary/aromatic N) is 2. The van der Waals surface area contributed by atoms with E-state index in [1.165, 1.54) is 12.1 Å². The molecule has 0 fully saturated rings. The predicted molar refractivity (Wildman–Crippen MR) is 56.9 cm³/mol. The zero-order valence-electron chi connectivity index (χ0n) is 6.64. The van der Waals surface area contributed by atoms with Crippen molar-refractivity contribution in [3.63, 3.8) is 0 Å². The maximum atomic E-state index is 10.4. The van der Waals surface area contributed by atoms with Gasteiger partial charge in [0, 0.05) is 15.7 Å². The number of rotatable bonds is 2. The van der Waals surface area contributed by atoms with E-state index >= 15 is 0 Å². The van der Waals surface area contributed by atoms with E-state index in [4.69, 9.17) is 5.73 Å². The van der Waals surface area contributed by atoms with Crippen LogP contribution in [0.1, 0.15) is 0 Å². The first-order chi connectivity index (χ1) is 6.43. The monoisotopic (exact) mass is 309 g/mol. The SMILES string of the molecule is Nc1c([N+](=O)[O-])cc(I)cc1[N+](=O)[O-]. The fourth-order valence-corrected chi connectivity index (χ4v) is 1.48. The molecule has 0 aliphatic heterocycles. The van der Waals surface area contributed by atoms with Gasteiger partial charge in [-0.05, 0) is 22.6 Å². The molecule has 0 aliphatic carbocycles. The molecule has 0 atom stereocenters. The van der Waals surface area contributed by atoms with Gasteiger partial charge < -0.3 is 5.73 Å². The Morgan fingerprint density at radius 1 is 1.14 bits per heavy atom. The normalized spacial score (nSPS) is 9.79. The molecule has 0 spiro atoms. The second-order valence-electron chi connectivity index (χ2n) is 2.37. The Balaban J connectivity index is 3.47. The van der Waals surface area contributed by atoms with Crippen molar-refractivity contribution in [2.75, 3.05) is 5.73 Å². The fourth-order valence-electron chi connectivity index (χ4n) is 0.892. The van der Waals surface area contributed by atoms with Crippen LogP contribution in [-0.4, -0.2) is 9.85 Å². The average molecular weight is 309 g/mol. The summed E-state index contributed by atoms with van der Waals surface area (Å²) in [6.45, 7) is 0. The van der Waals surface area contributed by atoms with Crippen LogP contribution in [-0.2, 0) is 0 Å². The van der Waals surface area contributed by atoms with Crippen molar-refractivity contribution in [1.29, 1.82) is 0 Å². The molecule has 7 nitrogen and oxygen atoms in total. The first kappa shape index (κ1) is 10.6. The number of halogens is 1. The van der Waals surface area contributed by atoms with Gasteiger partial charge in [0.25, 0.3) is 11.4 Å². The van der Waals surface area contributed by atoms with Gasteiger partial charge in [0.05, 0.1) is 9.85 Å². The maximum absolute atomic E-state index is 10.4. The van der Waals surface area contributed by atoms with E-state index in [0.29, 0.717) is 3.57 Å². The lowest BCUT2D eigenvalue weighted by Gasteiger charge is -1.99. The minimum absolute atomic E-state index is 0.398. The molecule has 0 heterocycles. The van der Waals surface area contributed by atoms with E-state index in [-0.39, 0.29) is 0 Å². The van der Waals surface area contributed by atoms with E-state index in [0.717, 1.165) is 0 Å². The fraction of sp³-hybridized carbons (Fsp3) is 0. The predicted octanol–water partition coefficient (Wildman–Crippen LogP) is 1.69. The lowest BCUT2D eigenvalue weighted by Crippen LogP contribution is -2.01. The highest BCUT2D eigenvalue weighted by atomic mass is 127. The summed E-state index contributed by atoms with van der Waals surface area (Å²) in [7, 11) is 0. The minimum Gasteiger partial charge on any atom is -0.387 e. The highest BCUT2D eigenvalue weighted by molar-refractivity contribution is 14.1. The summed E-state index contributed by atoms with van der Waals surface area (Å²) in [6.07, 6.45) is 0. The third kappa shape index (κ3) is 1.89. The summed E-state index contributed by atoms with van der Waals surface area (Å²) in [5.74, 6) is 0. The lowest BCUT2D eigenvalue weighted by molar-refractivity contribution is -0.392. The van der Waals surface area contributed by atoms with Crippen LogP contribution in [0, 0.1) is 23.8 Å². The molecular formula is C6H4IN3O4.